The topological polar surface area (TPSA) is 37.3 Å². The summed E-state index contributed by atoms with van der Waals surface area (Å²) >= 11 is 0. The summed E-state index contributed by atoms with van der Waals surface area (Å²) in [6.45, 7) is 5.47. The van der Waals surface area contributed by atoms with Crippen LogP contribution in [-0.2, 0) is 17.9 Å². The molecule has 4 nitrogen and oxygen atoms in total. The number of amides is 1. The van der Waals surface area contributed by atoms with E-state index < -0.39 is 0 Å². The van der Waals surface area contributed by atoms with Gasteiger partial charge in [-0.05, 0) is 17.0 Å². The predicted molar refractivity (Wildman–Crippen MR) is 82.6 cm³/mol. The van der Waals surface area contributed by atoms with E-state index in [0.29, 0.717) is 12.6 Å². The van der Waals surface area contributed by atoms with Crippen LogP contribution in [0.1, 0.15) is 19.4 Å². The minimum absolute atomic E-state index is 0.106. The number of likely N-dealkylation sites (N-methyl/N-ethyl adjacent to an activating group) is 1. The largest absolute Gasteiger partial charge is 0.347 e. The molecule has 0 radical (unpaired) electrons. The van der Waals surface area contributed by atoms with Crippen molar-refractivity contribution in [2.45, 2.75) is 33.0 Å². The maximum Gasteiger partial charge on any atom is 0.241 e. The minimum Gasteiger partial charge on any atom is -0.347 e. The van der Waals surface area contributed by atoms with Gasteiger partial charge in [0.2, 0.25) is 5.91 Å². The fourth-order valence-corrected chi connectivity index (χ4v) is 2.22. The van der Waals surface area contributed by atoms with Gasteiger partial charge in [-0.1, -0.05) is 32.0 Å². The van der Waals surface area contributed by atoms with E-state index in [4.69, 9.17) is 0 Å². The van der Waals surface area contributed by atoms with Crippen molar-refractivity contribution in [2.75, 3.05) is 14.1 Å². The van der Waals surface area contributed by atoms with Gasteiger partial charge < -0.3 is 14.8 Å². The fraction of sp³-hybridized carbons (Fsp3) is 0.438. The quantitative estimate of drug-likeness (QED) is 0.907. The molecule has 0 unspecified atom stereocenters. The van der Waals surface area contributed by atoms with Gasteiger partial charge in [0.1, 0.15) is 6.54 Å². The van der Waals surface area contributed by atoms with E-state index in [1.807, 2.05) is 10.8 Å². The molecule has 0 atom stereocenters. The second-order valence-electron chi connectivity index (χ2n) is 5.62. The monoisotopic (exact) mass is 273 g/mol. The van der Waals surface area contributed by atoms with Crippen molar-refractivity contribution in [1.29, 1.82) is 0 Å². The smallest absolute Gasteiger partial charge is 0.241 e. The molecule has 2 rings (SSSR count). The van der Waals surface area contributed by atoms with Crippen molar-refractivity contribution < 1.29 is 4.79 Å². The summed E-state index contributed by atoms with van der Waals surface area (Å²) in [6.07, 6.45) is 1.99. The second-order valence-corrected chi connectivity index (χ2v) is 5.62. The average molecular weight is 273 g/mol. The van der Waals surface area contributed by atoms with Gasteiger partial charge in [0.25, 0.3) is 0 Å². The van der Waals surface area contributed by atoms with E-state index in [-0.39, 0.29) is 5.91 Å². The van der Waals surface area contributed by atoms with E-state index in [0.717, 1.165) is 12.1 Å². The van der Waals surface area contributed by atoms with Gasteiger partial charge in [-0.2, -0.15) is 0 Å². The van der Waals surface area contributed by atoms with Crippen molar-refractivity contribution in [3.05, 3.63) is 36.0 Å². The Balaban J connectivity index is 2.33. The Morgan fingerprint density at radius 1 is 1.30 bits per heavy atom. The SMILES string of the molecule is CC(C)NCc1cccc2ccn(CC(=O)N(C)C)c12. The second kappa shape index (κ2) is 6.09. The number of carbonyl (C=O) groups is 1. The summed E-state index contributed by atoms with van der Waals surface area (Å²) in [7, 11) is 3.57. The number of benzene rings is 1. The lowest BCUT2D eigenvalue weighted by Crippen LogP contribution is -2.26. The van der Waals surface area contributed by atoms with Crippen LogP contribution in [0.15, 0.2) is 30.5 Å². The molecule has 1 heterocycles. The molecular weight excluding hydrogens is 250 g/mol. The summed E-state index contributed by atoms with van der Waals surface area (Å²) < 4.78 is 2.04. The fourth-order valence-electron chi connectivity index (χ4n) is 2.22. The molecule has 0 aliphatic heterocycles. The Labute approximate surface area is 120 Å². The number of rotatable bonds is 5. The summed E-state index contributed by atoms with van der Waals surface area (Å²) in [6, 6.07) is 8.78. The normalized spacial score (nSPS) is 11.2. The maximum atomic E-state index is 11.9. The maximum absolute atomic E-state index is 11.9. The van der Waals surface area contributed by atoms with Gasteiger partial charge >= 0.3 is 0 Å². The Hall–Kier alpha value is -1.81. The molecule has 0 aliphatic carbocycles. The first-order chi connectivity index (χ1) is 9.49. The predicted octanol–water partition coefficient (Wildman–Crippen LogP) is 2.23. The zero-order valence-corrected chi connectivity index (χ0v) is 12.7. The van der Waals surface area contributed by atoms with E-state index in [9.17, 15) is 4.79 Å². The van der Waals surface area contributed by atoms with Gasteiger partial charge in [0.15, 0.2) is 0 Å². The highest BCUT2D eigenvalue weighted by molar-refractivity contribution is 5.85. The first kappa shape index (κ1) is 14.6. The zero-order chi connectivity index (χ0) is 14.7. The molecule has 0 spiro atoms. The summed E-state index contributed by atoms with van der Waals surface area (Å²) in [5.41, 5.74) is 2.38. The van der Waals surface area contributed by atoms with Crippen LogP contribution >= 0.6 is 0 Å². The van der Waals surface area contributed by atoms with Crippen molar-refractivity contribution in [3.63, 3.8) is 0 Å². The molecule has 1 aromatic heterocycles. The van der Waals surface area contributed by atoms with Crippen LogP contribution in [0.2, 0.25) is 0 Å². The standard InChI is InChI=1S/C16H23N3O/c1-12(2)17-10-14-7-5-6-13-8-9-19(16(13)14)11-15(20)18(3)4/h5-9,12,17H,10-11H2,1-4H3. The number of hydrogen-bond donors (Lipinski definition) is 1. The first-order valence-electron chi connectivity index (χ1n) is 6.99. The van der Waals surface area contributed by atoms with Crippen molar-refractivity contribution in [3.8, 4) is 0 Å². The lowest BCUT2D eigenvalue weighted by atomic mass is 10.1. The molecule has 1 N–H and O–H groups in total. The van der Waals surface area contributed by atoms with E-state index >= 15 is 0 Å². The lowest BCUT2D eigenvalue weighted by Gasteiger charge is -2.14. The number of nitrogens with zero attached hydrogens (tertiary/aromatic N) is 2. The highest BCUT2D eigenvalue weighted by Crippen LogP contribution is 2.20. The van der Waals surface area contributed by atoms with Crippen LogP contribution in [-0.4, -0.2) is 35.5 Å². The van der Waals surface area contributed by atoms with E-state index in [1.54, 1.807) is 19.0 Å². The minimum atomic E-state index is 0.106. The molecule has 20 heavy (non-hydrogen) atoms. The van der Waals surface area contributed by atoms with Crippen molar-refractivity contribution in [1.82, 2.24) is 14.8 Å². The highest BCUT2D eigenvalue weighted by atomic mass is 16.2. The van der Waals surface area contributed by atoms with Gasteiger partial charge in [-0.15, -0.1) is 0 Å². The van der Waals surface area contributed by atoms with Gasteiger partial charge in [0, 0.05) is 32.9 Å². The molecule has 1 amide bonds. The number of fused-ring (bicyclic) bond motifs is 1. The molecule has 0 aliphatic rings. The molecule has 0 fully saturated rings. The van der Waals surface area contributed by atoms with Crippen molar-refractivity contribution >= 4 is 16.8 Å². The first-order valence-corrected chi connectivity index (χ1v) is 6.99. The molecule has 0 saturated heterocycles. The highest BCUT2D eigenvalue weighted by Gasteiger charge is 2.11. The zero-order valence-electron chi connectivity index (χ0n) is 12.7. The molecule has 0 bridgehead atoms. The third-order valence-corrected chi connectivity index (χ3v) is 3.38. The van der Waals surface area contributed by atoms with Crippen LogP contribution in [0.5, 0.6) is 0 Å². The number of para-hydroxylation sites is 1. The number of nitrogens with one attached hydrogen (secondary N) is 1. The van der Waals surface area contributed by atoms with Crippen LogP contribution < -0.4 is 5.32 Å². The van der Waals surface area contributed by atoms with Gasteiger partial charge in [-0.3, -0.25) is 4.79 Å². The van der Waals surface area contributed by atoms with Crippen LogP contribution in [0.25, 0.3) is 10.9 Å². The average Bonchev–Trinajstić information content (AvgIpc) is 2.80. The summed E-state index contributed by atoms with van der Waals surface area (Å²) in [5, 5.41) is 4.62. The Bertz CT molecular complexity index is 599. The van der Waals surface area contributed by atoms with Crippen molar-refractivity contribution in [2.24, 2.45) is 0 Å². The van der Waals surface area contributed by atoms with E-state index in [1.165, 1.54) is 10.9 Å². The summed E-state index contributed by atoms with van der Waals surface area (Å²) in [4.78, 5) is 13.5. The molecule has 0 saturated carbocycles. The number of hydrogen-bond acceptors (Lipinski definition) is 2. The third kappa shape index (κ3) is 3.20. The molecule has 108 valence electrons. The molecular formula is C16H23N3O. The molecule has 2 aromatic rings. The third-order valence-electron chi connectivity index (χ3n) is 3.38. The van der Waals surface area contributed by atoms with Gasteiger partial charge in [-0.25, -0.2) is 0 Å². The molecule has 4 heteroatoms. The number of aromatic nitrogens is 1. The lowest BCUT2D eigenvalue weighted by molar-refractivity contribution is -0.129. The Morgan fingerprint density at radius 3 is 2.70 bits per heavy atom. The van der Waals surface area contributed by atoms with Crippen LogP contribution in [0.4, 0.5) is 0 Å². The van der Waals surface area contributed by atoms with E-state index in [2.05, 4.69) is 43.4 Å². The molecule has 1 aromatic carbocycles. The number of carbonyl (C=O) groups excluding carboxylic acids is 1. The van der Waals surface area contributed by atoms with Crippen LogP contribution in [0, 0.1) is 0 Å². The Kier molecular flexibility index (Phi) is 4.45. The van der Waals surface area contributed by atoms with Gasteiger partial charge in [0.05, 0.1) is 5.52 Å². The Morgan fingerprint density at radius 2 is 2.05 bits per heavy atom. The summed E-state index contributed by atoms with van der Waals surface area (Å²) in [5.74, 6) is 0.106. The van der Waals surface area contributed by atoms with Crippen LogP contribution in [0.3, 0.4) is 0 Å².